The van der Waals surface area contributed by atoms with Crippen LogP contribution in [-0.4, -0.2) is 50.5 Å². The van der Waals surface area contributed by atoms with Crippen LogP contribution in [0.25, 0.3) is 0 Å². The summed E-state index contributed by atoms with van der Waals surface area (Å²) in [5.74, 6) is 1.38. The highest BCUT2D eigenvalue weighted by molar-refractivity contribution is 6.32. The van der Waals surface area contributed by atoms with Crippen LogP contribution in [0.15, 0.2) is 42.5 Å². The largest absolute Gasteiger partial charge is 0.486 e. The quantitative estimate of drug-likeness (QED) is 0.823. The molecular weight excluding hydrogens is 364 g/mol. The summed E-state index contributed by atoms with van der Waals surface area (Å²) in [6.45, 7) is 6.28. The molecule has 2 aromatic carbocycles. The Morgan fingerprint density at radius 2 is 1.89 bits per heavy atom. The van der Waals surface area contributed by atoms with Gasteiger partial charge in [0.2, 0.25) is 0 Å². The van der Waals surface area contributed by atoms with Crippen molar-refractivity contribution in [2.45, 2.75) is 19.2 Å². The molecule has 1 atom stereocenters. The number of benzene rings is 2. The Morgan fingerprint density at radius 1 is 1.04 bits per heavy atom. The van der Waals surface area contributed by atoms with Crippen LogP contribution in [-0.2, 0) is 17.8 Å². The summed E-state index contributed by atoms with van der Waals surface area (Å²) < 4.78 is 17.1. The molecule has 0 aliphatic carbocycles. The number of hydrogen-bond donors (Lipinski definition) is 1. The maximum Gasteiger partial charge on any atom is 0.179 e. The van der Waals surface area contributed by atoms with Crippen LogP contribution < -0.4 is 14.8 Å². The van der Waals surface area contributed by atoms with E-state index in [4.69, 9.17) is 25.8 Å². The van der Waals surface area contributed by atoms with Crippen LogP contribution in [0.1, 0.15) is 11.1 Å². The molecule has 1 saturated heterocycles. The number of halogens is 1. The van der Waals surface area contributed by atoms with Crippen molar-refractivity contribution in [3.8, 4) is 11.5 Å². The van der Waals surface area contributed by atoms with Crippen LogP contribution in [0.4, 0.5) is 0 Å². The molecule has 0 radical (unpaired) electrons. The minimum atomic E-state index is 0.190. The summed E-state index contributed by atoms with van der Waals surface area (Å²) >= 11 is 6.31. The van der Waals surface area contributed by atoms with Crippen molar-refractivity contribution in [1.82, 2.24) is 10.2 Å². The maximum atomic E-state index is 6.31. The lowest BCUT2D eigenvalue weighted by Crippen LogP contribution is -2.46. The Kier molecular flexibility index (Phi) is 6.14. The van der Waals surface area contributed by atoms with Gasteiger partial charge < -0.3 is 19.5 Å². The minimum absolute atomic E-state index is 0.190. The molecule has 0 spiro atoms. The summed E-state index contributed by atoms with van der Waals surface area (Å²) in [7, 11) is 0. The van der Waals surface area contributed by atoms with Crippen LogP contribution >= 0.6 is 11.6 Å². The molecule has 0 saturated carbocycles. The van der Waals surface area contributed by atoms with Gasteiger partial charge in [0.1, 0.15) is 13.2 Å². The smallest absolute Gasteiger partial charge is 0.179 e. The van der Waals surface area contributed by atoms with Crippen molar-refractivity contribution in [3.05, 3.63) is 58.6 Å². The molecule has 1 N–H and O–H groups in total. The summed E-state index contributed by atoms with van der Waals surface area (Å²) in [6.07, 6.45) is 0.190. The molecule has 2 aromatic rings. The van der Waals surface area contributed by atoms with E-state index < -0.39 is 0 Å². The lowest BCUT2D eigenvalue weighted by Gasteiger charge is -2.33. The van der Waals surface area contributed by atoms with Gasteiger partial charge in [0.05, 0.1) is 17.7 Å². The molecule has 1 unspecified atom stereocenters. The predicted octanol–water partition coefficient (Wildman–Crippen LogP) is 3.10. The summed E-state index contributed by atoms with van der Waals surface area (Å²) in [5, 5.41) is 4.09. The van der Waals surface area contributed by atoms with E-state index in [9.17, 15) is 0 Å². The molecular formula is C21H25ClN2O3. The van der Waals surface area contributed by atoms with Gasteiger partial charge in [-0.25, -0.2) is 0 Å². The fraction of sp³-hybridized carbons (Fsp3) is 0.429. The number of ether oxygens (including phenoxy) is 3. The molecule has 5 nitrogen and oxygen atoms in total. The van der Waals surface area contributed by atoms with Crippen molar-refractivity contribution in [2.75, 3.05) is 39.5 Å². The van der Waals surface area contributed by atoms with Gasteiger partial charge in [-0.1, -0.05) is 41.9 Å². The van der Waals surface area contributed by atoms with Crippen molar-refractivity contribution in [1.29, 1.82) is 0 Å². The predicted molar refractivity (Wildman–Crippen MR) is 106 cm³/mol. The van der Waals surface area contributed by atoms with Crippen molar-refractivity contribution in [3.63, 3.8) is 0 Å². The van der Waals surface area contributed by atoms with E-state index in [-0.39, 0.29) is 6.10 Å². The first-order valence-electron chi connectivity index (χ1n) is 9.44. The lowest BCUT2D eigenvalue weighted by molar-refractivity contribution is -0.0300. The van der Waals surface area contributed by atoms with Crippen LogP contribution in [0.2, 0.25) is 5.02 Å². The number of fused-ring (bicyclic) bond motifs is 1. The van der Waals surface area contributed by atoms with Gasteiger partial charge >= 0.3 is 0 Å². The fourth-order valence-corrected chi connectivity index (χ4v) is 3.82. The molecule has 27 heavy (non-hydrogen) atoms. The SMILES string of the molecule is Clc1cc(CNCC2CN(Cc3ccccc3)CCO2)cc2c1OCCO2. The summed E-state index contributed by atoms with van der Waals surface area (Å²) in [5.41, 5.74) is 2.43. The number of hydrogen-bond acceptors (Lipinski definition) is 5. The van der Waals surface area contributed by atoms with E-state index in [0.717, 1.165) is 50.6 Å². The van der Waals surface area contributed by atoms with E-state index >= 15 is 0 Å². The van der Waals surface area contributed by atoms with Gasteiger partial charge in [-0.15, -0.1) is 0 Å². The van der Waals surface area contributed by atoms with Gasteiger partial charge in [0.25, 0.3) is 0 Å². The average molecular weight is 389 g/mol. The van der Waals surface area contributed by atoms with Gasteiger partial charge in [-0.05, 0) is 23.3 Å². The lowest BCUT2D eigenvalue weighted by atomic mass is 10.1. The molecule has 0 amide bonds. The highest BCUT2D eigenvalue weighted by atomic mass is 35.5. The average Bonchev–Trinajstić information content (AvgIpc) is 2.69. The Balaban J connectivity index is 1.27. The maximum absolute atomic E-state index is 6.31. The summed E-state index contributed by atoms with van der Waals surface area (Å²) in [6, 6.07) is 14.5. The zero-order valence-electron chi connectivity index (χ0n) is 15.3. The first kappa shape index (κ1) is 18.6. The second-order valence-corrected chi connectivity index (χ2v) is 7.35. The van der Waals surface area contributed by atoms with Gasteiger partial charge in [0, 0.05) is 32.7 Å². The van der Waals surface area contributed by atoms with Crippen molar-refractivity contribution in [2.24, 2.45) is 0 Å². The van der Waals surface area contributed by atoms with Crippen molar-refractivity contribution < 1.29 is 14.2 Å². The number of rotatable bonds is 6. The normalized spacial score (nSPS) is 19.8. The minimum Gasteiger partial charge on any atom is -0.486 e. The number of morpholine rings is 1. The number of nitrogens with one attached hydrogen (secondary N) is 1. The Bertz CT molecular complexity index is 757. The van der Waals surface area contributed by atoms with E-state index in [0.29, 0.717) is 24.0 Å². The first-order valence-corrected chi connectivity index (χ1v) is 9.82. The molecule has 2 aliphatic heterocycles. The molecule has 2 heterocycles. The standard InChI is InChI=1S/C21H25ClN2O3/c22-19-10-17(11-20-21(19)27-9-8-26-20)12-23-13-18-15-24(6-7-25-18)14-16-4-2-1-3-5-16/h1-5,10-11,18,23H,6-9,12-15H2. The van der Waals surface area contributed by atoms with E-state index in [1.807, 2.05) is 12.1 Å². The summed E-state index contributed by atoms with van der Waals surface area (Å²) in [4.78, 5) is 2.45. The first-order chi connectivity index (χ1) is 13.3. The second kappa shape index (κ2) is 8.93. The molecule has 1 fully saturated rings. The zero-order chi connectivity index (χ0) is 18.5. The van der Waals surface area contributed by atoms with Gasteiger partial charge in [0.15, 0.2) is 11.5 Å². The van der Waals surface area contributed by atoms with Gasteiger partial charge in [-0.2, -0.15) is 0 Å². The third-order valence-electron chi connectivity index (χ3n) is 4.83. The number of nitrogens with zero attached hydrogens (tertiary/aromatic N) is 1. The topological polar surface area (TPSA) is 43.0 Å². The van der Waals surface area contributed by atoms with Gasteiger partial charge in [-0.3, -0.25) is 4.90 Å². The Morgan fingerprint density at radius 3 is 2.78 bits per heavy atom. The highest BCUT2D eigenvalue weighted by Gasteiger charge is 2.21. The monoisotopic (exact) mass is 388 g/mol. The van der Waals surface area contributed by atoms with E-state index in [2.05, 4.69) is 40.5 Å². The molecule has 4 rings (SSSR count). The highest BCUT2D eigenvalue weighted by Crippen LogP contribution is 2.38. The van der Waals surface area contributed by atoms with E-state index in [1.54, 1.807) is 0 Å². The Labute approximate surface area is 165 Å². The third kappa shape index (κ3) is 4.93. The molecule has 144 valence electrons. The molecule has 0 aromatic heterocycles. The van der Waals surface area contributed by atoms with Crippen molar-refractivity contribution >= 4 is 11.6 Å². The van der Waals surface area contributed by atoms with Crippen LogP contribution in [0.3, 0.4) is 0 Å². The fourth-order valence-electron chi connectivity index (χ4n) is 3.53. The molecule has 0 bridgehead atoms. The van der Waals surface area contributed by atoms with Crippen LogP contribution in [0.5, 0.6) is 11.5 Å². The van der Waals surface area contributed by atoms with Crippen LogP contribution in [0, 0.1) is 0 Å². The molecule has 2 aliphatic rings. The third-order valence-corrected chi connectivity index (χ3v) is 5.11. The zero-order valence-corrected chi connectivity index (χ0v) is 16.1. The molecule has 6 heteroatoms. The second-order valence-electron chi connectivity index (χ2n) is 6.95. The Hall–Kier alpha value is -1.79. The van der Waals surface area contributed by atoms with E-state index in [1.165, 1.54) is 5.56 Å².